The fourth-order valence-corrected chi connectivity index (χ4v) is 7.43. The van der Waals surface area contributed by atoms with Crippen molar-refractivity contribution >= 4 is 33.1 Å². The number of rotatable bonds is 10. The van der Waals surface area contributed by atoms with Crippen LogP contribution in [0.2, 0.25) is 0 Å². The number of hydrogen-bond acceptors (Lipinski definition) is 6. The highest BCUT2D eigenvalue weighted by atomic mass is 32.2. The van der Waals surface area contributed by atoms with Crippen LogP contribution >= 0.6 is 23.0 Å². The lowest BCUT2D eigenvalue weighted by Gasteiger charge is -2.40. The van der Waals surface area contributed by atoms with E-state index in [4.69, 9.17) is 9.79 Å². The van der Waals surface area contributed by atoms with Gasteiger partial charge >= 0.3 is 23.0 Å². The molecule has 0 heterocycles. The maximum atomic E-state index is 12.2. The highest BCUT2D eigenvalue weighted by molar-refractivity contribution is 7.86. The van der Waals surface area contributed by atoms with Crippen LogP contribution in [0.25, 0.3) is 0 Å². The van der Waals surface area contributed by atoms with Gasteiger partial charge in [-0.1, -0.05) is 6.92 Å². The van der Waals surface area contributed by atoms with Gasteiger partial charge in [-0.3, -0.25) is 13.7 Å². The van der Waals surface area contributed by atoms with E-state index in [0.717, 1.165) is 20.8 Å². The molecule has 0 aliphatic rings. The summed E-state index contributed by atoms with van der Waals surface area (Å²) in [5, 5.41) is -5.83. The highest BCUT2D eigenvalue weighted by Crippen LogP contribution is 2.69. The minimum atomic E-state index is -5.39. The van der Waals surface area contributed by atoms with Crippen LogP contribution in [0, 0.1) is 0 Å². The zero-order valence-electron chi connectivity index (χ0n) is 14.6. The smallest absolute Gasteiger partial charge is 0.324 e. The Bertz CT molecular complexity index is 749. The van der Waals surface area contributed by atoms with Gasteiger partial charge in [0.15, 0.2) is 0 Å². The molecule has 0 fully saturated rings. The summed E-state index contributed by atoms with van der Waals surface area (Å²) in [6.45, 7) is 4.30. The van der Waals surface area contributed by atoms with Crippen molar-refractivity contribution in [2.24, 2.45) is 0 Å². The SMILES string of the molecule is CCC(CC(C)(CC(C)(C)P(=O)(O)OP(=O)(O)O)P(=O)(O)O)S(=O)(=O)O. The van der Waals surface area contributed by atoms with Crippen LogP contribution in [0.5, 0.6) is 0 Å². The summed E-state index contributed by atoms with van der Waals surface area (Å²) in [7, 11) is -20.2. The van der Waals surface area contributed by atoms with Crippen LogP contribution in [-0.4, -0.2) is 53.0 Å². The fourth-order valence-electron chi connectivity index (χ4n) is 2.53. The minimum Gasteiger partial charge on any atom is -0.324 e. The van der Waals surface area contributed by atoms with Crippen molar-refractivity contribution in [2.75, 3.05) is 0 Å². The van der Waals surface area contributed by atoms with Crippen molar-refractivity contribution in [3.63, 3.8) is 0 Å². The zero-order valence-corrected chi connectivity index (χ0v) is 18.1. The molecule has 0 aromatic carbocycles. The Kier molecular flexibility index (Phi) is 8.12. The Balaban J connectivity index is 6.04. The van der Waals surface area contributed by atoms with Crippen LogP contribution in [0.1, 0.15) is 47.0 Å². The van der Waals surface area contributed by atoms with E-state index in [1.54, 1.807) is 0 Å². The summed E-state index contributed by atoms with van der Waals surface area (Å²) in [6.07, 6.45) is -1.78. The predicted molar refractivity (Wildman–Crippen MR) is 92.3 cm³/mol. The van der Waals surface area contributed by atoms with Crippen molar-refractivity contribution in [2.45, 2.75) is 62.5 Å². The van der Waals surface area contributed by atoms with E-state index >= 15 is 0 Å². The second kappa shape index (κ2) is 8.00. The molecule has 6 N–H and O–H groups in total. The Morgan fingerprint density at radius 1 is 1.00 bits per heavy atom. The van der Waals surface area contributed by atoms with E-state index in [2.05, 4.69) is 4.31 Å². The molecule has 0 radical (unpaired) electrons. The average Bonchev–Trinajstić information content (AvgIpc) is 2.29. The molecule has 158 valence electrons. The molecule has 16 heteroatoms. The molecule has 0 amide bonds. The monoisotopic (exact) mass is 462 g/mol. The van der Waals surface area contributed by atoms with Crippen molar-refractivity contribution in [3.05, 3.63) is 0 Å². The highest BCUT2D eigenvalue weighted by Gasteiger charge is 2.55. The van der Waals surface area contributed by atoms with Gasteiger partial charge < -0.3 is 24.5 Å². The van der Waals surface area contributed by atoms with Crippen LogP contribution < -0.4 is 0 Å². The van der Waals surface area contributed by atoms with Gasteiger partial charge in [0.25, 0.3) is 10.1 Å². The molecule has 12 nitrogen and oxygen atoms in total. The molecule has 0 aliphatic carbocycles. The molecule has 0 aromatic heterocycles. The Labute approximate surface area is 151 Å². The van der Waals surface area contributed by atoms with Crippen LogP contribution in [0.3, 0.4) is 0 Å². The largest absolute Gasteiger partial charge is 0.476 e. The first-order valence-electron chi connectivity index (χ1n) is 7.20. The summed E-state index contributed by atoms with van der Waals surface area (Å²) in [4.78, 5) is 46.7. The van der Waals surface area contributed by atoms with Gasteiger partial charge in [-0.2, -0.15) is 8.42 Å². The lowest BCUT2D eigenvalue weighted by atomic mass is 9.92. The molecule has 0 saturated heterocycles. The fraction of sp³-hybridized carbons (Fsp3) is 1.00. The van der Waals surface area contributed by atoms with E-state index in [1.165, 1.54) is 6.92 Å². The Morgan fingerprint density at radius 3 is 1.69 bits per heavy atom. The molecule has 26 heavy (non-hydrogen) atoms. The molecular formula is C10H25O12P3S. The third-order valence-corrected chi connectivity index (χ3v) is 10.6. The lowest BCUT2D eigenvalue weighted by molar-refractivity contribution is 0.242. The van der Waals surface area contributed by atoms with Gasteiger partial charge in [-0.25, -0.2) is 8.88 Å². The van der Waals surface area contributed by atoms with E-state index in [1.807, 2.05) is 0 Å². The summed E-state index contributed by atoms with van der Waals surface area (Å²) in [5.74, 6) is 0. The molecule has 0 aromatic rings. The first-order chi connectivity index (χ1) is 11.1. The quantitative estimate of drug-likeness (QED) is 0.201. The first-order valence-corrected chi connectivity index (χ1v) is 13.4. The first kappa shape index (κ1) is 26.4. The van der Waals surface area contributed by atoms with Gasteiger partial charge in [0.2, 0.25) is 0 Å². The summed E-state index contributed by atoms with van der Waals surface area (Å²) in [5.41, 5.74) is 0. The molecule has 0 aliphatic heterocycles. The van der Waals surface area contributed by atoms with Gasteiger partial charge in [-0.05, 0) is 40.0 Å². The van der Waals surface area contributed by atoms with Crippen LogP contribution in [-0.2, 0) is 28.1 Å². The molecule has 3 atom stereocenters. The average molecular weight is 462 g/mol. The molecule has 0 bridgehead atoms. The van der Waals surface area contributed by atoms with Gasteiger partial charge in [0.1, 0.15) is 0 Å². The van der Waals surface area contributed by atoms with Gasteiger partial charge in [0, 0.05) is 0 Å². The number of phosphoric acid groups is 1. The predicted octanol–water partition coefficient (Wildman–Crippen LogP) is 1.44. The summed E-state index contributed by atoms with van der Waals surface area (Å²) < 4.78 is 71.0. The standard InChI is InChI=1S/C10H25O12P3S/c1-5-8(26(19,20)21)6-10(4,23(11,12)13)7-9(2,3)24(14,15)22-25(16,17)18/h8H,5-7H2,1-4H3,(H,14,15)(H2,11,12,13)(H2,16,17,18)(H,19,20,21). The summed E-state index contributed by atoms with van der Waals surface area (Å²) >= 11 is 0. The summed E-state index contributed by atoms with van der Waals surface area (Å²) in [6, 6.07) is 0. The topological polar surface area (TPSA) is 216 Å². The normalized spacial score (nSPS) is 20.2. The maximum absolute atomic E-state index is 12.2. The van der Waals surface area contributed by atoms with Crippen molar-refractivity contribution in [1.29, 1.82) is 0 Å². The number of hydrogen-bond donors (Lipinski definition) is 6. The molecule has 3 unspecified atom stereocenters. The van der Waals surface area contributed by atoms with Crippen molar-refractivity contribution < 1.29 is 55.4 Å². The molecular weight excluding hydrogens is 437 g/mol. The lowest BCUT2D eigenvalue weighted by Crippen LogP contribution is -2.40. The molecule has 0 saturated carbocycles. The van der Waals surface area contributed by atoms with E-state index in [-0.39, 0.29) is 6.42 Å². The van der Waals surface area contributed by atoms with Crippen molar-refractivity contribution in [1.82, 2.24) is 0 Å². The minimum absolute atomic E-state index is 0.190. The van der Waals surface area contributed by atoms with Gasteiger partial charge in [-0.15, -0.1) is 0 Å². The molecule has 0 rings (SSSR count). The zero-order chi connectivity index (χ0) is 21.4. The Hall–Kier alpha value is 0.360. The Morgan fingerprint density at radius 2 is 1.42 bits per heavy atom. The van der Waals surface area contributed by atoms with Gasteiger partial charge in [0.05, 0.1) is 15.6 Å². The maximum Gasteiger partial charge on any atom is 0.476 e. The van der Waals surface area contributed by atoms with E-state index in [9.17, 15) is 41.3 Å². The second-order valence-electron chi connectivity index (χ2n) is 6.87. The van der Waals surface area contributed by atoms with Crippen molar-refractivity contribution in [3.8, 4) is 0 Å². The third-order valence-electron chi connectivity index (χ3n) is 4.04. The van der Waals surface area contributed by atoms with E-state index in [0.29, 0.717) is 0 Å². The van der Waals surface area contributed by atoms with Crippen LogP contribution in [0.15, 0.2) is 0 Å². The third kappa shape index (κ3) is 7.07. The van der Waals surface area contributed by atoms with Crippen LogP contribution in [0.4, 0.5) is 0 Å². The molecule has 0 spiro atoms. The van der Waals surface area contributed by atoms with E-state index < -0.39 is 61.5 Å². The second-order valence-corrected chi connectivity index (χ2v) is 14.6.